The number of fused-ring (bicyclic) bond motifs is 6. The van der Waals surface area contributed by atoms with Gasteiger partial charge in [0.2, 0.25) is 0 Å². The Balaban J connectivity index is 1.08. The minimum Gasteiger partial charge on any atom is -0.228 e. The first-order valence-corrected chi connectivity index (χ1v) is 20.4. The summed E-state index contributed by atoms with van der Waals surface area (Å²) in [5.74, 6) is 0.704. The number of rotatable bonds is 6. The van der Waals surface area contributed by atoms with Crippen LogP contribution in [0, 0.1) is 0 Å². The average Bonchev–Trinajstić information content (AvgIpc) is 3.55. The van der Waals surface area contributed by atoms with Crippen LogP contribution in [0.5, 0.6) is 0 Å². The standard InChI is InChI=1S/C57H40N2/c1-57(2)54-44-22-10-9-19-40(44)31-32-50(54)49-26-14-25-48(55(49)57)47-33-34-51(46-24-12-11-23-45(46)47)56-58-52(41-29-27-39(28-30-41)37-15-5-3-6-16-37)36-53(59-56)43-21-13-20-42(35-43)38-17-7-4-8-18-38/h3-36H,1-2H3. The van der Waals surface area contributed by atoms with Crippen molar-refractivity contribution in [2.24, 2.45) is 0 Å². The highest BCUT2D eigenvalue weighted by Crippen LogP contribution is 2.55. The zero-order chi connectivity index (χ0) is 39.5. The highest BCUT2D eigenvalue weighted by Gasteiger charge is 2.39. The summed E-state index contributed by atoms with van der Waals surface area (Å²) in [5.41, 5.74) is 17.3. The van der Waals surface area contributed by atoms with E-state index in [9.17, 15) is 0 Å². The van der Waals surface area contributed by atoms with Gasteiger partial charge >= 0.3 is 0 Å². The Morgan fingerprint density at radius 2 is 0.780 bits per heavy atom. The molecule has 0 spiro atoms. The molecule has 0 bridgehead atoms. The molecule has 0 amide bonds. The minimum absolute atomic E-state index is 0.196. The molecule has 0 atom stereocenters. The van der Waals surface area contributed by atoms with Gasteiger partial charge in [0.15, 0.2) is 5.82 Å². The second-order valence-corrected chi connectivity index (χ2v) is 16.1. The van der Waals surface area contributed by atoms with E-state index >= 15 is 0 Å². The van der Waals surface area contributed by atoms with E-state index in [1.54, 1.807) is 0 Å². The van der Waals surface area contributed by atoms with Crippen molar-refractivity contribution in [2.75, 3.05) is 0 Å². The van der Waals surface area contributed by atoms with E-state index in [-0.39, 0.29) is 5.41 Å². The zero-order valence-corrected chi connectivity index (χ0v) is 33.0. The quantitative estimate of drug-likeness (QED) is 0.169. The molecule has 59 heavy (non-hydrogen) atoms. The van der Waals surface area contributed by atoms with Crippen LogP contribution in [0.25, 0.3) is 100.0 Å². The van der Waals surface area contributed by atoms with Crippen LogP contribution in [0.3, 0.4) is 0 Å². The molecule has 0 fully saturated rings. The van der Waals surface area contributed by atoms with Gasteiger partial charge in [0, 0.05) is 22.1 Å². The summed E-state index contributed by atoms with van der Waals surface area (Å²) in [6, 6.07) is 74.1. The highest BCUT2D eigenvalue weighted by molar-refractivity contribution is 6.07. The molecule has 1 aliphatic carbocycles. The van der Waals surface area contributed by atoms with Gasteiger partial charge < -0.3 is 0 Å². The molecule has 0 aliphatic heterocycles. The lowest BCUT2D eigenvalue weighted by atomic mass is 9.77. The van der Waals surface area contributed by atoms with Crippen LogP contribution in [0.2, 0.25) is 0 Å². The molecule has 9 aromatic carbocycles. The summed E-state index contributed by atoms with van der Waals surface area (Å²) in [6.07, 6.45) is 0. The molecule has 1 aliphatic rings. The lowest BCUT2D eigenvalue weighted by Gasteiger charge is -2.26. The van der Waals surface area contributed by atoms with Crippen LogP contribution in [0.15, 0.2) is 206 Å². The molecule has 0 saturated carbocycles. The van der Waals surface area contributed by atoms with Crippen molar-refractivity contribution >= 4 is 21.5 Å². The first-order chi connectivity index (χ1) is 29.0. The number of aromatic nitrogens is 2. The third-order valence-corrected chi connectivity index (χ3v) is 12.3. The zero-order valence-electron chi connectivity index (χ0n) is 33.0. The lowest BCUT2D eigenvalue weighted by molar-refractivity contribution is 0.668. The fourth-order valence-electron chi connectivity index (χ4n) is 9.51. The van der Waals surface area contributed by atoms with Crippen molar-refractivity contribution in [1.29, 1.82) is 0 Å². The molecule has 1 heterocycles. The van der Waals surface area contributed by atoms with Crippen molar-refractivity contribution in [3.05, 3.63) is 217 Å². The molecule has 11 rings (SSSR count). The summed E-state index contributed by atoms with van der Waals surface area (Å²) in [7, 11) is 0. The van der Waals surface area contributed by atoms with E-state index in [0.717, 1.165) is 39.0 Å². The molecule has 2 nitrogen and oxygen atoms in total. The maximum absolute atomic E-state index is 5.38. The van der Waals surface area contributed by atoms with Gasteiger partial charge in [-0.3, -0.25) is 0 Å². The van der Waals surface area contributed by atoms with Gasteiger partial charge in [-0.05, 0) is 95.4 Å². The maximum atomic E-state index is 5.38. The summed E-state index contributed by atoms with van der Waals surface area (Å²) in [4.78, 5) is 10.7. The lowest BCUT2D eigenvalue weighted by Crippen LogP contribution is -2.17. The Bertz CT molecular complexity index is 3220. The average molecular weight is 753 g/mol. The maximum Gasteiger partial charge on any atom is 0.161 e. The highest BCUT2D eigenvalue weighted by atomic mass is 14.9. The van der Waals surface area contributed by atoms with Gasteiger partial charge in [-0.1, -0.05) is 202 Å². The normalized spacial score (nSPS) is 12.7. The Morgan fingerprint density at radius 1 is 0.305 bits per heavy atom. The van der Waals surface area contributed by atoms with E-state index in [0.29, 0.717) is 5.82 Å². The fraction of sp³-hybridized carbons (Fsp3) is 0.0526. The number of hydrogen-bond donors (Lipinski definition) is 0. The van der Waals surface area contributed by atoms with Crippen LogP contribution in [0.4, 0.5) is 0 Å². The second-order valence-electron chi connectivity index (χ2n) is 16.1. The van der Waals surface area contributed by atoms with Gasteiger partial charge in [0.25, 0.3) is 0 Å². The Morgan fingerprint density at radius 3 is 1.51 bits per heavy atom. The third kappa shape index (κ3) is 5.87. The Hall–Kier alpha value is -7.42. The Labute approximate surface area is 345 Å². The van der Waals surface area contributed by atoms with Gasteiger partial charge in [0.05, 0.1) is 11.4 Å². The molecule has 278 valence electrons. The van der Waals surface area contributed by atoms with Crippen LogP contribution in [-0.4, -0.2) is 9.97 Å². The predicted octanol–water partition coefficient (Wildman–Crippen LogP) is 15.1. The van der Waals surface area contributed by atoms with Crippen molar-refractivity contribution in [3.8, 4) is 78.4 Å². The largest absolute Gasteiger partial charge is 0.228 e. The second kappa shape index (κ2) is 13.9. The molecule has 2 heteroatoms. The van der Waals surface area contributed by atoms with Crippen molar-refractivity contribution in [1.82, 2.24) is 9.97 Å². The van der Waals surface area contributed by atoms with E-state index in [2.05, 4.69) is 220 Å². The third-order valence-electron chi connectivity index (χ3n) is 12.3. The predicted molar refractivity (Wildman–Crippen MR) is 247 cm³/mol. The molecule has 10 aromatic rings. The van der Waals surface area contributed by atoms with Gasteiger partial charge in [-0.25, -0.2) is 9.97 Å². The van der Waals surface area contributed by atoms with Crippen LogP contribution < -0.4 is 0 Å². The van der Waals surface area contributed by atoms with E-state index in [4.69, 9.17) is 9.97 Å². The molecular formula is C57H40N2. The van der Waals surface area contributed by atoms with Crippen LogP contribution >= 0.6 is 0 Å². The van der Waals surface area contributed by atoms with Gasteiger partial charge in [-0.2, -0.15) is 0 Å². The van der Waals surface area contributed by atoms with Crippen molar-refractivity contribution in [2.45, 2.75) is 19.3 Å². The topological polar surface area (TPSA) is 25.8 Å². The molecule has 0 saturated heterocycles. The number of benzene rings is 9. The summed E-state index contributed by atoms with van der Waals surface area (Å²) >= 11 is 0. The van der Waals surface area contributed by atoms with Gasteiger partial charge in [0.1, 0.15) is 0 Å². The molecule has 0 radical (unpaired) electrons. The van der Waals surface area contributed by atoms with E-state index < -0.39 is 0 Å². The summed E-state index contributed by atoms with van der Waals surface area (Å²) in [5, 5.41) is 4.92. The van der Waals surface area contributed by atoms with E-state index in [1.165, 1.54) is 66.2 Å². The van der Waals surface area contributed by atoms with Gasteiger partial charge in [-0.15, -0.1) is 0 Å². The van der Waals surface area contributed by atoms with Crippen LogP contribution in [-0.2, 0) is 5.41 Å². The van der Waals surface area contributed by atoms with Crippen molar-refractivity contribution in [3.63, 3.8) is 0 Å². The molecule has 0 unspecified atom stereocenters. The Kier molecular flexibility index (Phi) is 8.20. The SMILES string of the molecule is CC1(C)c2c(cccc2-c2ccc(-c3nc(-c4ccc(-c5ccccc5)cc4)cc(-c4cccc(-c5ccccc5)c4)n3)c3ccccc23)-c2ccc3ccccc3c21. The van der Waals surface area contributed by atoms with E-state index in [1.807, 2.05) is 0 Å². The first-order valence-electron chi connectivity index (χ1n) is 20.4. The van der Waals surface area contributed by atoms with Crippen LogP contribution in [0.1, 0.15) is 25.0 Å². The van der Waals surface area contributed by atoms with Crippen molar-refractivity contribution < 1.29 is 0 Å². The smallest absolute Gasteiger partial charge is 0.161 e. The summed E-state index contributed by atoms with van der Waals surface area (Å²) < 4.78 is 0. The fourth-order valence-corrected chi connectivity index (χ4v) is 9.51. The molecular weight excluding hydrogens is 713 g/mol. The molecule has 1 aromatic heterocycles. The number of hydrogen-bond acceptors (Lipinski definition) is 2. The minimum atomic E-state index is -0.196. The number of nitrogens with zero attached hydrogens (tertiary/aromatic N) is 2. The first kappa shape index (κ1) is 34.8. The monoisotopic (exact) mass is 752 g/mol. The summed E-state index contributed by atoms with van der Waals surface area (Å²) in [6.45, 7) is 4.79. The molecule has 0 N–H and O–H groups in total.